The van der Waals surface area contributed by atoms with Crippen LogP contribution in [0, 0.1) is 0 Å². The molecule has 2 N–H and O–H groups in total. The van der Waals surface area contributed by atoms with E-state index in [1.54, 1.807) is 11.3 Å². The van der Waals surface area contributed by atoms with Crippen LogP contribution in [0.5, 0.6) is 0 Å². The summed E-state index contributed by atoms with van der Waals surface area (Å²) in [5.74, 6) is 1.23. The van der Waals surface area contributed by atoms with Crippen LogP contribution in [0.4, 0.5) is 5.82 Å². The SMILES string of the molecule is CCc1nc(-c2ccc(C(C)(C)C)s2)nc(N)c1Br. The molecule has 0 aliphatic rings. The molecule has 0 unspecified atom stereocenters. The summed E-state index contributed by atoms with van der Waals surface area (Å²) < 4.78 is 0.811. The van der Waals surface area contributed by atoms with Crippen molar-refractivity contribution in [3.05, 3.63) is 27.2 Å². The zero-order chi connectivity index (χ0) is 14.2. The van der Waals surface area contributed by atoms with Gasteiger partial charge < -0.3 is 5.73 Å². The highest BCUT2D eigenvalue weighted by Crippen LogP contribution is 2.35. The van der Waals surface area contributed by atoms with Crippen molar-refractivity contribution in [2.75, 3.05) is 5.73 Å². The summed E-state index contributed by atoms with van der Waals surface area (Å²) in [4.78, 5) is 11.4. The second kappa shape index (κ2) is 5.21. The Morgan fingerprint density at radius 1 is 1.26 bits per heavy atom. The van der Waals surface area contributed by atoms with E-state index in [0.717, 1.165) is 27.3 Å². The highest BCUT2D eigenvalue weighted by atomic mass is 79.9. The molecule has 2 heterocycles. The van der Waals surface area contributed by atoms with E-state index in [1.807, 2.05) is 0 Å². The molecule has 3 nitrogen and oxygen atoms in total. The third-order valence-corrected chi connectivity index (χ3v) is 5.22. The van der Waals surface area contributed by atoms with E-state index < -0.39 is 0 Å². The maximum atomic E-state index is 5.93. The standard InChI is InChI=1S/C14H18BrN3S/c1-5-8-11(15)12(16)18-13(17-8)9-6-7-10(19-9)14(2,3)4/h6-7H,5H2,1-4H3,(H2,16,17,18). The molecular formula is C14H18BrN3S. The predicted molar refractivity (Wildman–Crippen MR) is 85.5 cm³/mol. The van der Waals surface area contributed by atoms with Crippen molar-refractivity contribution in [3.63, 3.8) is 0 Å². The lowest BCUT2D eigenvalue weighted by Crippen LogP contribution is -2.07. The number of nitrogen functional groups attached to an aromatic ring is 1. The fourth-order valence-electron chi connectivity index (χ4n) is 1.72. The molecule has 5 heteroatoms. The average Bonchev–Trinajstić information content (AvgIpc) is 2.81. The van der Waals surface area contributed by atoms with Gasteiger partial charge >= 0.3 is 0 Å². The van der Waals surface area contributed by atoms with Crippen LogP contribution >= 0.6 is 27.3 Å². The van der Waals surface area contributed by atoms with Gasteiger partial charge in [0.25, 0.3) is 0 Å². The smallest absolute Gasteiger partial charge is 0.171 e. The Morgan fingerprint density at radius 2 is 1.95 bits per heavy atom. The van der Waals surface area contributed by atoms with E-state index >= 15 is 0 Å². The van der Waals surface area contributed by atoms with Crippen LogP contribution < -0.4 is 5.73 Å². The molecule has 0 amide bonds. The van der Waals surface area contributed by atoms with Gasteiger partial charge in [-0.25, -0.2) is 9.97 Å². The number of hydrogen-bond acceptors (Lipinski definition) is 4. The first-order valence-corrected chi connectivity index (χ1v) is 7.86. The summed E-state index contributed by atoms with van der Waals surface area (Å²) in [5, 5.41) is 0. The number of anilines is 1. The molecule has 0 atom stereocenters. The highest BCUT2D eigenvalue weighted by molar-refractivity contribution is 9.10. The van der Waals surface area contributed by atoms with Gasteiger partial charge in [-0.15, -0.1) is 11.3 Å². The normalized spacial score (nSPS) is 11.8. The molecule has 2 aromatic rings. The molecule has 0 spiro atoms. The fraction of sp³-hybridized carbons (Fsp3) is 0.429. The second-order valence-corrected chi connectivity index (χ2v) is 7.34. The minimum atomic E-state index is 0.150. The molecule has 2 rings (SSSR count). The van der Waals surface area contributed by atoms with Gasteiger partial charge in [-0.2, -0.15) is 0 Å². The molecular weight excluding hydrogens is 322 g/mol. The van der Waals surface area contributed by atoms with Gasteiger partial charge in [-0.1, -0.05) is 27.7 Å². The Morgan fingerprint density at radius 3 is 2.47 bits per heavy atom. The first kappa shape index (κ1) is 14.5. The summed E-state index contributed by atoms with van der Waals surface area (Å²) >= 11 is 5.17. The lowest BCUT2D eigenvalue weighted by atomic mass is 9.95. The lowest BCUT2D eigenvalue weighted by molar-refractivity contribution is 0.604. The Balaban J connectivity index is 2.48. The molecule has 0 aromatic carbocycles. The molecule has 19 heavy (non-hydrogen) atoms. The van der Waals surface area contributed by atoms with E-state index in [4.69, 9.17) is 5.73 Å². The van der Waals surface area contributed by atoms with E-state index in [2.05, 4.69) is 65.7 Å². The van der Waals surface area contributed by atoms with Gasteiger partial charge in [-0.05, 0) is 39.9 Å². The number of nitrogens with zero attached hydrogens (tertiary/aromatic N) is 2. The predicted octanol–water partition coefficient (Wildman–Crippen LogP) is 4.41. The number of aromatic nitrogens is 2. The quantitative estimate of drug-likeness (QED) is 0.881. The van der Waals surface area contributed by atoms with Crippen molar-refractivity contribution in [3.8, 4) is 10.7 Å². The molecule has 0 aliphatic carbocycles. The number of halogens is 1. The summed E-state index contributed by atoms with van der Waals surface area (Å²) in [6, 6.07) is 4.22. The Hall–Kier alpha value is -0.940. The van der Waals surface area contributed by atoms with E-state index in [9.17, 15) is 0 Å². The van der Waals surface area contributed by atoms with Crippen molar-refractivity contribution in [1.29, 1.82) is 0 Å². The van der Waals surface area contributed by atoms with Crippen LogP contribution in [0.3, 0.4) is 0 Å². The molecule has 0 saturated carbocycles. The van der Waals surface area contributed by atoms with Crippen molar-refractivity contribution >= 4 is 33.1 Å². The Bertz CT molecular complexity index is 599. The minimum absolute atomic E-state index is 0.150. The highest BCUT2D eigenvalue weighted by Gasteiger charge is 2.18. The molecule has 0 fully saturated rings. The van der Waals surface area contributed by atoms with Gasteiger partial charge in [0.05, 0.1) is 15.0 Å². The molecule has 0 saturated heterocycles. The zero-order valence-corrected chi connectivity index (χ0v) is 14.0. The maximum absolute atomic E-state index is 5.93. The third-order valence-electron chi connectivity index (χ3n) is 2.85. The summed E-state index contributed by atoms with van der Waals surface area (Å²) in [6.45, 7) is 8.68. The van der Waals surface area contributed by atoms with Gasteiger partial charge in [0, 0.05) is 4.88 Å². The zero-order valence-electron chi connectivity index (χ0n) is 11.6. The van der Waals surface area contributed by atoms with Crippen molar-refractivity contribution in [2.24, 2.45) is 0 Å². The summed E-state index contributed by atoms with van der Waals surface area (Å²) in [7, 11) is 0. The first-order valence-electron chi connectivity index (χ1n) is 6.25. The molecule has 2 aromatic heterocycles. The van der Waals surface area contributed by atoms with Gasteiger partial charge in [0.1, 0.15) is 5.82 Å². The Kier molecular flexibility index (Phi) is 3.97. The van der Waals surface area contributed by atoms with Crippen molar-refractivity contribution in [1.82, 2.24) is 9.97 Å². The van der Waals surface area contributed by atoms with Crippen molar-refractivity contribution in [2.45, 2.75) is 39.5 Å². The first-order chi connectivity index (χ1) is 8.82. The lowest BCUT2D eigenvalue weighted by Gasteiger charge is -2.15. The summed E-state index contributed by atoms with van der Waals surface area (Å²) in [6.07, 6.45) is 0.831. The summed E-state index contributed by atoms with van der Waals surface area (Å²) in [5.41, 5.74) is 7.04. The molecule has 0 aliphatic heterocycles. The van der Waals surface area contributed by atoms with Crippen LogP contribution in [0.25, 0.3) is 10.7 Å². The molecule has 102 valence electrons. The van der Waals surface area contributed by atoms with Crippen LogP contribution in [-0.2, 0) is 11.8 Å². The topological polar surface area (TPSA) is 51.8 Å². The van der Waals surface area contributed by atoms with Crippen LogP contribution in [0.2, 0.25) is 0 Å². The number of thiophene rings is 1. The molecule has 0 radical (unpaired) electrons. The van der Waals surface area contributed by atoms with E-state index in [-0.39, 0.29) is 5.41 Å². The van der Waals surface area contributed by atoms with Crippen LogP contribution in [-0.4, -0.2) is 9.97 Å². The number of hydrogen-bond donors (Lipinski definition) is 1. The van der Waals surface area contributed by atoms with Gasteiger partial charge in [0.15, 0.2) is 5.82 Å². The second-order valence-electron chi connectivity index (χ2n) is 5.46. The largest absolute Gasteiger partial charge is 0.383 e. The maximum Gasteiger partial charge on any atom is 0.171 e. The monoisotopic (exact) mass is 339 g/mol. The van der Waals surface area contributed by atoms with Crippen molar-refractivity contribution < 1.29 is 0 Å². The van der Waals surface area contributed by atoms with Gasteiger partial charge in [-0.3, -0.25) is 0 Å². The minimum Gasteiger partial charge on any atom is -0.383 e. The average molecular weight is 340 g/mol. The number of rotatable bonds is 2. The Labute approximate surface area is 126 Å². The van der Waals surface area contributed by atoms with E-state index in [0.29, 0.717) is 5.82 Å². The fourth-order valence-corrected chi connectivity index (χ4v) is 3.17. The third kappa shape index (κ3) is 2.98. The molecule has 0 bridgehead atoms. The number of aryl methyl sites for hydroxylation is 1. The van der Waals surface area contributed by atoms with Crippen LogP contribution in [0.1, 0.15) is 38.3 Å². The van der Waals surface area contributed by atoms with Crippen LogP contribution in [0.15, 0.2) is 16.6 Å². The number of nitrogens with two attached hydrogens (primary N) is 1. The van der Waals surface area contributed by atoms with E-state index in [1.165, 1.54) is 4.88 Å². The van der Waals surface area contributed by atoms with Gasteiger partial charge in [0.2, 0.25) is 0 Å².